The van der Waals surface area contributed by atoms with Gasteiger partial charge in [0, 0.05) is 30.4 Å². The first-order valence-corrected chi connectivity index (χ1v) is 10.3. The number of ether oxygens (including phenoxy) is 1. The number of carbonyl (C=O) groups excluding carboxylic acids is 2. The molecule has 1 aromatic carbocycles. The third kappa shape index (κ3) is 5.70. The van der Waals surface area contributed by atoms with Crippen LogP contribution in [0.4, 0.5) is 10.5 Å². The van der Waals surface area contributed by atoms with E-state index in [-0.39, 0.29) is 24.3 Å². The van der Waals surface area contributed by atoms with Crippen molar-refractivity contribution in [2.24, 2.45) is 0 Å². The maximum Gasteiger partial charge on any atom is 0.411 e. The van der Waals surface area contributed by atoms with Crippen LogP contribution in [0.2, 0.25) is 0 Å². The summed E-state index contributed by atoms with van der Waals surface area (Å²) < 4.78 is 31.0. The van der Waals surface area contributed by atoms with Crippen LogP contribution in [-0.2, 0) is 14.8 Å². The smallest absolute Gasteiger partial charge is 0.411 e. The van der Waals surface area contributed by atoms with Crippen LogP contribution in [0.3, 0.4) is 0 Å². The molecule has 1 heterocycles. The lowest BCUT2D eigenvalue weighted by Gasteiger charge is -2.33. The molecule has 1 aromatic rings. The first kappa shape index (κ1) is 20.2. The first-order chi connectivity index (χ1) is 12.3. The summed E-state index contributed by atoms with van der Waals surface area (Å²) in [7, 11) is -3.31. The summed E-state index contributed by atoms with van der Waals surface area (Å²) in [6.45, 7) is 4.44. The molecule has 9 heteroatoms. The van der Waals surface area contributed by atoms with Gasteiger partial charge in [-0.1, -0.05) is 6.07 Å². The van der Waals surface area contributed by atoms with Crippen LogP contribution in [-0.4, -0.2) is 56.8 Å². The zero-order chi connectivity index (χ0) is 19.2. The Labute approximate surface area is 153 Å². The van der Waals surface area contributed by atoms with E-state index in [1.807, 2.05) is 0 Å². The molecule has 0 radical (unpaired) electrons. The number of hydrogen-bond acceptors (Lipinski definition) is 5. The third-order valence-corrected chi connectivity index (χ3v) is 5.52. The van der Waals surface area contributed by atoms with Crippen LogP contribution in [0.5, 0.6) is 0 Å². The molecule has 0 aromatic heterocycles. The van der Waals surface area contributed by atoms with E-state index in [4.69, 9.17) is 4.74 Å². The number of sulfonamides is 1. The monoisotopic (exact) mass is 383 g/mol. The van der Waals surface area contributed by atoms with Gasteiger partial charge in [0.25, 0.3) is 5.91 Å². The quantitative estimate of drug-likeness (QED) is 0.779. The van der Waals surface area contributed by atoms with E-state index in [1.165, 1.54) is 0 Å². The van der Waals surface area contributed by atoms with Gasteiger partial charge in [-0.05, 0) is 44.9 Å². The number of likely N-dealkylation sites (tertiary alicyclic amines) is 1. The highest BCUT2D eigenvalue weighted by Gasteiger charge is 2.27. The average Bonchev–Trinajstić information content (AvgIpc) is 2.61. The van der Waals surface area contributed by atoms with E-state index < -0.39 is 16.1 Å². The normalized spacial score (nSPS) is 17.6. The molecule has 2 rings (SSSR count). The lowest BCUT2D eigenvalue weighted by Crippen LogP contribution is -2.49. The Morgan fingerprint density at radius 3 is 2.77 bits per heavy atom. The summed E-state index contributed by atoms with van der Waals surface area (Å²) >= 11 is 0. The number of rotatable bonds is 6. The molecule has 2 amide bonds. The van der Waals surface area contributed by atoms with Crippen LogP contribution in [0.1, 0.15) is 37.0 Å². The van der Waals surface area contributed by atoms with Crippen LogP contribution in [0.25, 0.3) is 0 Å². The third-order valence-electron chi connectivity index (χ3n) is 4.07. The van der Waals surface area contributed by atoms with Gasteiger partial charge in [-0.2, -0.15) is 0 Å². The van der Waals surface area contributed by atoms with Gasteiger partial charge in [-0.3, -0.25) is 10.1 Å². The molecule has 26 heavy (non-hydrogen) atoms. The molecule has 0 unspecified atom stereocenters. The van der Waals surface area contributed by atoms with Crippen molar-refractivity contribution >= 4 is 27.7 Å². The molecule has 0 aliphatic carbocycles. The molecule has 8 nitrogen and oxygen atoms in total. The van der Waals surface area contributed by atoms with Gasteiger partial charge in [0.05, 0.1) is 12.4 Å². The maximum atomic E-state index is 12.7. The van der Waals surface area contributed by atoms with Crippen molar-refractivity contribution in [3.63, 3.8) is 0 Å². The highest BCUT2D eigenvalue weighted by Crippen LogP contribution is 2.17. The molecular weight excluding hydrogens is 358 g/mol. The van der Waals surface area contributed by atoms with Crippen molar-refractivity contribution < 1.29 is 22.7 Å². The van der Waals surface area contributed by atoms with Gasteiger partial charge in [-0.25, -0.2) is 17.9 Å². The predicted octanol–water partition coefficient (Wildman–Crippen LogP) is 1.80. The molecule has 1 aliphatic rings. The fraction of sp³-hybridized carbons (Fsp3) is 0.529. The lowest BCUT2D eigenvalue weighted by atomic mass is 10.1. The van der Waals surface area contributed by atoms with Gasteiger partial charge in [-0.15, -0.1) is 0 Å². The molecule has 1 atom stereocenters. The first-order valence-electron chi connectivity index (χ1n) is 8.67. The molecule has 1 aliphatic heterocycles. The number of nitrogens with zero attached hydrogens (tertiary/aromatic N) is 1. The highest BCUT2D eigenvalue weighted by atomic mass is 32.2. The molecule has 0 bridgehead atoms. The average molecular weight is 383 g/mol. The second-order valence-electron chi connectivity index (χ2n) is 6.04. The Morgan fingerprint density at radius 1 is 1.31 bits per heavy atom. The van der Waals surface area contributed by atoms with Crippen molar-refractivity contribution in [2.75, 3.05) is 30.8 Å². The number of benzene rings is 1. The summed E-state index contributed by atoms with van der Waals surface area (Å²) in [5.74, 6) is -0.183. The number of anilines is 1. The zero-order valence-corrected chi connectivity index (χ0v) is 15.8. The van der Waals surface area contributed by atoms with Crippen LogP contribution < -0.4 is 10.0 Å². The summed E-state index contributed by atoms with van der Waals surface area (Å²) in [5.41, 5.74) is 0.896. The van der Waals surface area contributed by atoms with Crippen molar-refractivity contribution in [2.45, 2.75) is 32.7 Å². The van der Waals surface area contributed by atoms with E-state index >= 15 is 0 Å². The van der Waals surface area contributed by atoms with Crippen LogP contribution in [0.15, 0.2) is 24.3 Å². The second-order valence-corrected chi connectivity index (χ2v) is 8.08. The van der Waals surface area contributed by atoms with Gasteiger partial charge in [0.15, 0.2) is 0 Å². The van der Waals surface area contributed by atoms with E-state index in [1.54, 1.807) is 43.0 Å². The summed E-state index contributed by atoms with van der Waals surface area (Å²) in [6, 6.07) is 6.31. The van der Waals surface area contributed by atoms with E-state index in [2.05, 4.69) is 10.0 Å². The molecule has 1 saturated heterocycles. The van der Waals surface area contributed by atoms with Gasteiger partial charge in [0.1, 0.15) is 0 Å². The topological polar surface area (TPSA) is 105 Å². The van der Waals surface area contributed by atoms with Crippen molar-refractivity contribution in [3.8, 4) is 0 Å². The van der Waals surface area contributed by atoms with E-state index in [0.717, 1.165) is 6.42 Å². The number of hydrogen-bond donors (Lipinski definition) is 2. The largest absolute Gasteiger partial charge is 0.450 e. The lowest BCUT2D eigenvalue weighted by molar-refractivity contribution is 0.0703. The Kier molecular flexibility index (Phi) is 6.98. The van der Waals surface area contributed by atoms with Gasteiger partial charge < -0.3 is 9.64 Å². The number of carbonyl (C=O) groups is 2. The Hall–Kier alpha value is -2.13. The Balaban J connectivity index is 2.05. The molecule has 144 valence electrons. The number of amides is 2. The van der Waals surface area contributed by atoms with Crippen molar-refractivity contribution in [3.05, 3.63) is 29.8 Å². The maximum absolute atomic E-state index is 12.7. The fourth-order valence-electron chi connectivity index (χ4n) is 2.79. The second kappa shape index (κ2) is 9.00. The Morgan fingerprint density at radius 2 is 2.08 bits per heavy atom. The standard InChI is InChI=1S/C17H25N3O5S/c1-3-25-17(22)18-14-8-5-7-13(11-14)16(21)20-10-6-9-15(12-20)19-26(23,24)4-2/h5,7-8,11,15,19H,3-4,6,9-10,12H2,1-2H3,(H,18,22)/t15-/m1/s1. The van der Waals surface area contributed by atoms with Gasteiger partial charge >= 0.3 is 6.09 Å². The zero-order valence-electron chi connectivity index (χ0n) is 15.0. The van der Waals surface area contributed by atoms with Crippen LogP contribution in [0, 0.1) is 0 Å². The number of piperidine rings is 1. The minimum absolute atomic E-state index is 0.0129. The Bertz CT molecular complexity index is 751. The van der Waals surface area contributed by atoms with E-state index in [9.17, 15) is 18.0 Å². The van der Waals surface area contributed by atoms with Crippen molar-refractivity contribution in [1.29, 1.82) is 0 Å². The summed E-state index contributed by atoms with van der Waals surface area (Å²) in [6.07, 6.45) is 0.848. The minimum atomic E-state index is -3.31. The fourth-order valence-corrected chi connectivity index (χ4v) is 3.66. The molecule has 0 spiro atoms. The SMILES string of the molecule is CCOC(=O)Nc1cccc(C(=O)N2CCC[C@@H](NS(=O)(=O)CC)C2)c1. The van der Waals surface area contributed by atoms with Gasteiger partial charge in [0.2, 0.25) is 10.0 Å². The van der Waals surface area contributed by atoms with E-state index in [0.29, 0.717) is 30.8 Å². The minimum Gasteiger partial charge on any atom is -0.450 e. The predicted molar refractivity (Wildman–Crippen MR) is 98.6 cm³/mol. The molecular formula is C17H25N3O5S. The number of nitrogens with one attached hydrogen (secondary N) is 2. The summed E-state index contributed by atoms with van der Waals surface area (Å²) in [4.78, 5) is 25.9. The van der Waals surface area contributed by atoms with Crippen LogP contribution >= 0.6 is 0 Å². The van der Waals surface area contributed by atoms with Crippen molar-refractivity contribution in [1.82, 2.24) is 9.62 Å². The molecule has 0 saturated carbocycles. The highest BCUT2D eigenvalue weighted by molar-refractivity contribution is 7.89. The molecule has 2 N–H and O–H groups in total. The summed E-state index contributed by atoms with van der Waals surface area (Å²) in [5, 5.41) is 2.56. The molecule has 1 fully saturated rings.